The minimum absolute atomic E-state index is 0.0396. The van der Waals surface area contributed by atoms with Crippen LogP contribution in [0.3, 0.4) is 0 Å². The molecule has 0 unspecified atom stereocenters. The van der Waals surface area contributed by atoms with Crippen LogP contribution in [0.5, 0.6) is 0 Å². The number of benzene rings is 5. The van der Waals surface area contributed by atoms with Crippen LogP contribution < -0.4 is 0 Å². The van der Waals surface area contributed by atoms with E-state index in [0.29, 0.717) is 0 Å². The molecule has 0 aliphatic heterocycles. The Bertz CT molecular complexity index is 1450. The minimum Gasteiger partial charge on any atom is -0.0619 e. The van der Waals surface area contributed by atoms with Crippen molar-refractivity contribution in [1.29, 1.82) is 0 Å². The van der Waals surface area contributed by atoms with Crippen molar-refractivity contribution in [2.45, 2.75) is 25.7 Å². The largest absolute Gasteiger partial charge is 0.0619 e. The molecule has 0 N–H and O–H groups in total. The van der Waals surface area contributed by atoms with Gasteiger partial charge in [-0.05, 0) is 67.8 Å². The summed E-state index contributed by atoms with van der Waals surface area (Å²) in [7, 11) is 0. The van der Waals surface area contributed by atoms with Crippen LogP contribution in [0.25, 0.3) is 33.0 Å². The standard InChI is InChI=1S/C32H26/c1-32(2)30-10-6-5-9-28(30)29-18-17-27(21-31(29)32)25-14-11-22(12-15-25)19-23-13-16-24-7-3-4-8-26(24)20-23/h3-18,20-21H,19H2,1-2H3. The first kappa shape index (κ1) is 19.1. The Labute approximate surface area is 190 Å². The van der Waals surface area contributed by atoms with Crippen LogP contribution in [-0.4, -0.2) is 0 Å². The van der Waals surface area contributed by atoms with Crippen molar-refractivity contribution in [3.05, 3.63) is 131 Å². The summed E-state index contributed by atoms with van der Waals surface area (Å²) in [6.07, 6.45) is 0.956. The lowest BCUT2D eigenvalue weighted by Gasteiger charge is -2.22. The fourth-order valence-corrected chi connectivity index (χ4v) is 5.28. The Morgan fingerprint density at radius 1 is 0.500 bits per heavy atom. The lowest BCUT2D eigenvalue weighted by atomic mass is 9.81. The van der Waals surface area contributed by atoms with Gasteiger partial charge in [-0.15, -0.1) is 0 Å². The van der Waals surface area contributed by atoms with Gasteiger partial charge in [0.15, 0.2) is 0 Å². The predicted molar refractivity (Wildman–Crippen MR) is 136 cm³/mol. The monoisotopic (exact) mass is 410 g/mol. The van der Waals surface area contributed by atoms with Gasteiger partial charge in [0.1, 0.15) is 0 Å². The van der Waals surface area contributed by atoms with Gasteiger partial charge in [0, 0.05) is 5.41 Å². The molecule has 5 aromatic carbocycles. The maximum Gasteiger partial charge on any atom is 0.0159 e. The van der Waals surface area contributed by atoms with Crippen LogP contribution in [0.2, 0.25) is 0 Å². The summed E-state index contributed by atoms with van der Waals surface area (Å²) >= 11 is 0. The molecule has 0 fully saturated rings. The third kappa shape index (κ3) is 3.07. The summed E-state index contributed by atoms with van der Waals surface area (Å²) < 4.78 is 0. The lowest BCUT2D eigenvalue weighted by Crippen LogP contribution is -2.14. The van der Waals surface area contributed by atoms with Crippen LogP contribution in [0.1, 0.15) is 36.1 Å². The first-order valence-electron chi connectivity index (χ1n) is 11.4. The first-order chi connectivity index (χ1) is 15.6. The fourth-order valence-electron chi connectivity index (χ4n) is 5.28. The van der Waals surface area contributed by atoms with Crippen molar-refractivity contribution < 1.29 is 0 Å². The molecule has 1 aliphatic rings. The molecule has 6 rings (SSSR count). The van der Waals surface area contributed by atoms with E-state index in [1.807, 2.05) is 0 Å². The van der Waals surface area contributed by atoms with E-state index in [0.717, 1.165) is 6.42 Å². The molecule has 0 amide bonds. The highest BCUT2D eigenvalue weighted by atomic mass is 14.4. The van der Waals surface area contributed by atoms with Crippen molar-refractivity contribution in [2.75, 3.05) is 0 Å². The van der Waals surface area contributed by atoms with E-state index in [2.05, 4.69) is 123 Å². The molecule has 0 saturated carbocycles. The summed E-state index contributed by atoms with van der Waals surface area (Å²) in [5.41, 5.74) is 10.9. The van der Waals surface area contributed by atoms with Gasteiger partial charge in [0.25, 0.3) is 0 Å². The molecular formula is C32H26. The molecule has 0 aromatic heterocycles. The Hall–Kier alpha value is -3.64. The van der Waals surface area contributed by atoms with Crippen molar-refractivity contribution in [3.63, 3.8) is 0 Å². The summed E-state index contributed by atoms with van der Waals surface area (Å²) in [5.74, 6) is 0. The summed E-state index contributed by atoms with van der Waals surface area (Å²) in [6.45, 7) is 4.68. The van der Waals surface area contributed by atoms with Crippen molar-refractivity contribution in [1.82, 2.24) is 0 Å². The average Bonchev–Trinajstić information content (AvgIpc) is 3.06. The average molecular weight is 411 g/mol. The zero-order valence-corrected chi connectivity index (χ0v) is 18.6. The number of hydrogen-bond donors (Lipinski definition) is 0. The third-order valence-electron chi connectivity index (χ3n) is 7.09. The molecule has 0 nitrogen and oxygen atoms in total. The number of rotatable bonds is 3. The van der Waals surface area contributed by atoms with Gasteiger partial charge >= 0.3 is 0 Å². The molecule has 0 atom stereocenters. The second-order valence-electron chi connectivity index (χ2n) is 9.49. The minimum atomic E-state index is 0.0396. The van der Waals surface area contributed by atoms with Gasteiger partial charge in [-0.3, -0.25) is 0 Å². The van der Waals surface area contributed by atoms with Crippen molar-refractivity contribution in [3.8, 4) is 22.3 Å². The first-order valence-corrected chi connectivity index (χ1v) is 11.4. The molecule has 0 spiro atoms. The van der Waals surface area contributed by atoms with E-state index in [1.165, 1.54) is 55.3 Å². The van der Waals surface area contributed by atoms with Crippen LogP contribution in [0, 0.1) is 0 Å². The van der Waals surface area contributed by atoms with E-state index < -0.39 is 0 Å². The van der Waals surface area contributed by atoms with Crippen LogP contribution >= 0.6 is 0 Å². The van der Waals surface area contributed by atoms with Crippen LogP contribution in [-0.2, 0) is 11.8 Å². The van der Waals surface area contributed by atoms with Crippen molar-refractivity contribution in [2.24, 2.45) is 0 Å². The fraction of sp³-hybridized carbons (Fsp3) is 0.125. The van der Waals surface area contributed by atoms with Crippen molar-refractivity contribution >= 4 is 10.8 Å². The Morgan fingerprint density at radius 3 is 2.00 bits per heavy atom. The normalized spacial score (nSPS) is 13.7. The maximum absolute atomic E-state index is 2.40. The Balaban J connectivity index is 1.29. The number of fused-ring (bicyclic) bond motifs is 4. The molecule has 1 aliphatic carbocycles. The highest BCUT2D eigenvalue weighted by molar-refractivity contribution is 5.84. The van der Waals surface area contributed by atoms with Gasteiger partial charge in [-0.25, -0.2) is 0 Å². The molecule has 0 saturated heterocycles. The molecular weight excluding hydrogens is 384 g/mol. The Kier molecular flexibility index (Phi) is 4.30. The van der Waals surface area contributed by atoms with E-state index in [4.69, 9.17) is 0 Å². The quantitative estimate of drug-likeness (QED) is 0.280. The van der Waals surface area contributed by atoms with Crippen LogP contribution in [0.15, 0.2) is 109 Å². The molecule has 154 valence electrons. The zero-order valence-electron chi connectivity index (χ0n) is 18.6. The van der Waals surface area contributed by atoms with E-state index in [9.17, 15) is 0 Å². The van der Waals surface area contributed by atoms with E-state index in [-0.39, 0.29) is 5.41 Å². The van der Waals surface area contributed by atoms with Gasteiger partial charge in [-0.1, -0.05) is 117 Å². The zero-order chi connectivity index (χ0) is 21.7. The predicted octanol–water partition coefficient (Wildman–Crippen LogP) is 8.40. The van der Waals surface area contributed by atoms with Gasteiger partial charge in [0.2, 0.25) is 0 Å². The third-order valence-corrected chi connectivity index (χ3v) is 7.09. The van der Waals surface area contributed by atoms with E-state index >= 15 is 0 Å². The molecule has 0 radical (unpaired) electrons. The molecule has 5 aromatic rings. The van der Waals surface area contributed by atoms with Gasteiger partial charge < -0.3 is 0 Å². The summed E-state index contributed by atoms with van der Waals surface area (Å²) in [4.78, 5) is 0. The second kappa shape index (κ2) is 7.21. The van der Waals surface area contributed by atoms with Gasteiger partial charge in [-0.2, -0.15) is 0 Å². The molecule has 0 heteroatoms. The molecule has 32 heavy (non-hydrogen) atoms. The molecule has 0 heterocycles. The Morgan fingerprint density at radius 2 is 1.16 bits per heavy atom. The summed E-state index contributed by atoms with van der Waals surface area (Å²) in [6, 6.07) is 40.2. The number of hydrogen-bond acceptors (Lipinski definition) is 0. The highest BCUT2D eigenvalue weighted by Crippen LogP contribution is 2.49. The maximum atomic E-state index is 2.40. The summed E-state index contributed by atoms with van der Waals surface area (Å²) in [5, 5.41) is 2.61. The highest BCUT2D eigenvalue weighted by Gasteiger charge is 2.35. The second-order valence-corrected chi connectivity index (χ2v) is 9.49. The lowest BCUT2D eigenvalue weighted by molar-refractivity contribution is 0.660. The smallest absolute Gasteiger partial charge is 0.0159 e. The van der Waals surface area contributed by atoms with Gasteiger partial charge in [0.05, 0.1) is 0 Å². The SMILES string of the molecule is CC1(C)c2ccccc2-c2ccc(-c3ccc(Cc4ccc5ccccc5c4)cc3)cc21. The molecule has 0 bridgehead atoms. The topological polar surface area (TPSA) is 0 Å². The van der Waals surface area contributed by atoms with E-state index in [1.54, 1.807) is 0 Å². The van der Waals surface area contributed by atoms with Crippen LogP contribution in [0.4, 0.5) is 0 Å².